The van der Waals surface area contributed by atoms with Gasteiger partial charge in [-0.3, -0.25) is 10.7 Å². The van der Waals surface area contributed by atoms with Crippen molar-refractivity contribution in [2.24, 2.45) is 11.8 Å². The van der Waals surface area contributed by atoms with Gasteiger partial charge >= 0.3 is 6.09 Å². The van der Waals surface area contributed by atoms with Gasteiger partial charge in [-0.05, 0) is 43.7 Å². The number of fused-ring (bicyclic) bond motifs is 1. The standard InChI is InChI=1S/C26H32ClN7O3/c1-15-6-8-17(9-7-15)13-34-21-20(18-4-3-5-19(27)12-18)29-24(22(28)30-26(35)36)31-23(21)32-25(34)33-10-11-37-14-16(33)2/h3-5,12,15-17H,6-11,13-14H2,1-2H3,(H2,28,30)(H,35,36)/t15-,16-,17-/m1/s1. The van der Waals surface area contributed by atoms with Crippen molar-refractivity contribution < 1.29 is 14.6 Å². The van der Waals surface area contributed by atoms with Gasteiger partial charge in [0.1, 0.15) is 11.2 Å². The molecule has 0 spiro atoms. The van der Waals surface area contributed by atoms with E-state index in [-0.39, 0.29) is 11.9 Å². The van der Waals surface area contributed by atoms with Crippen molar-refractivity contribution in [3.8, 4) is 11.3 Å². The van der Waals surface area contributed by atoms with Crippen LogP contribution in [0.25, 0.3) is 22.4 Å². The number of anilines is 1. The second-order valence-electron chi connectivity index (χ2n) is 10.1. The number of amides is 1. The Kier molecular flexibility index (Phi) is 7.30. The van der Waals surface area contributed by atoms with Crippen LogP contribution in [0.1, 0.15) is 45.4 Å². The fourth-order valence-electron chi connectivity index (χ4n) is 5.32. The quantitative estimate of drug-likeness (QED) is 0.322. The average Bonchev–Trinajstić information content (AvgIpc) is 3.22. The minimum Gasteiger partial charge on any atom is -0.465 e. The van der Waals surface area contributed by atoms with E-state index >= 15 is 0 Å². The number of nitrogens with one attached hydrogen (secondary N) is 2. The Hall–Kier alpha value is -3.24. The molecular formula is C26H32ClN7O3. The lowest BCUT2D eigenvalue weighted by Gasteiger charge is -2.35. The fraction of sp³-hybridized carbons (Fsp3) is 0.500. The average molecular weight is 526 g/mol. The summed E-state index contributed by atoms with van der Waals surface area (Å²) in [6.07, 6.45) is 3.37. The van der Waals surface area contributed by atoms with Crippen LogP contribution in [-0.2, 0) is 11.3 Å². The number of amidine groups is 1. The highest BCUT2D eigenvalue weighted by Crippen LogP contribution is 2.36. The molecule has 3 aromatic rings. The maximum atomic E-state index is 11.2. The fourth-order valence-corrected chi connectivity index (χ4v) is 5.51. The van der Waals surface area contributed by atoms with E-state index in [9.17, 15) is 4.79 Å². The van der Waals surface area contributed by atoms with Gasteiger partial charge in [-0.2, -0.15) is 4.98 Å². The number of morpholine rings is 1. The van der Waals surface area contributed by atoms with E-state index in [0.717, 1.165) is 42.3 Å². The van der Waals surface area contributed by atoms with Gasteiger partial charge in [-0.25, -0.2) is 14.8 Å². The zero-order chi connectivity index (χ0) is 26.1. The largest absolute Gasteiger partial charge is 0.465 e. The number of ether oxygens (including phenoxy) is 1. The Labute approximate surface area is 220 Å². The molecule has 5 rings (SSSR count). The number of halogens is 1. The summed E-state index contributed by atoms with van der Waals surface area (Å²) in [5, 5.41) is 20.0. The smallest absolute Gasteiger partial charge is 0.410 e. The Morgan fingerprint density at radius 3 is 2.70 bits per heavy atom. The van der Waals surface area contributed by atoms with Gasteiger partial charge < -0.3 is 19.3 Å². The zero-order valence-electron chi connectivity index (χ0n) is 21.1. The molecule has 3 heterocycles. The molecular weight excluding hydrogens is 494 g/mol. The first kappa shape index (κ1) is 25.4. The molecule has 10 nitrogen and oxygen atoms in total. The van der Waals surface area contributed by atoms with Crippen LogP contribution in [0.5, 0.6) is 0 Å². The van der Waals surface area contributed by atoms with Gasteiger partial charge in [-0.15, -0.1) is 0 Å². The summed E-state index contributed by atoms with van der Waals surface area (Å²) >= 11 is 6.35. The van der Waals surface area contributed by atoms with Crippen LogP contribution in [0.15, 0.2) is 24.3 Å². The third-order valence-corrected chi connectivity index (χ3v) is 7.57. The first-order valence-electron chi connectivity index (χ1n) is 12.8. The van der Waals surface area contributed by atoms with Gasteiger partial charge in [-0.1, -0.05) is 43.5 Å². The molecule has 0 bridgehead atoms. The van der Waals surface area contributed by atoms with Crippen LogP contribution in [0.3, 0.4) is 0 Å². The van der Waals surface area contributed by atoms with Crippen molar-refractivity contribution >= 4 is 40.6 Å². The predicted octanol–water partition coefficient (Wildman–Crippen LogP) is 4.79. The molecule has 1 saturated carbocycles. The number of carbonyl (C=O) groups is 1. The van der Waals surface area contributed by atoms with Crippen molar-refractivity contribution in [3.05, 3.63) is 35.1 Å². The lowest BCUT2D eigenvalue weighted by molar-refractivity contribution is 0.0976. The topological polar surface area (TPSA) is 129 Å². The first-order chi connectivity index (χ1) is 17.8. The minimum absolute atomic E-state index is 0.0393. The third-order valence-electron chi connectivity index (χ3n) is 7.34. The summed E-state index contributed by atoms with van der Waals surface area (Å²) in [5.74, 6) is 1.60. The normalized spacial score (nSPS) is 22.2. The zero-order valence-corrected chi connectivity index (χ0v) is 21.8. The molecule has 1 aliphatic heterocycles. The first-order valence-corrected chi connectivity index (χ1v) is 13.2. The molecule has 0 radical (unpaired) electrons. The minimum atomic E-state index is -1.35. The molecule has 1 atom stereocenters. The number of rotatable bonds is 5. The highest BCUT2D eigenvalue weighted by molar-refractivity contribution is 6.30. The number of hydrogen-bond acceptors (Lipinski definition) is 7. The Bertz CT molecular complexity index is 1320. The summed E-state index contributed by atoms with van der Waals surface area (Å²) < 4.78 is 7.92. The van der Waals surface area contributed by atoms with E-state index in [0.29, 0.717) is 42.0 Å². The summed E-state index contributed by atoms with van der Waals surface area (Å²) in [5.41, 5.74) is 2.52. The Morgan fingerprint density at radius 1 is 1.22 bits per heavy atom. The predicted molar refractivity (Wildman–Crippen MR) is 143 cm³/mol. The van der Waals surface area contributed by atoms with Crippen LogP contribution in [0, 0.1) is 17.2 Å². The molecule has 2 fully saturated rings. The highest BCUT2D eigenvalue weighted by atomic mass is 35.5. The molecule has 1 aliphatic carbocycles. The van der Waals surface area contributed by atoms with Gasteiger partial charge in [0.05, 0.1) is 19.3 Å². The number of hydrogen-bond donors (Lipinski definition) is 3. The molecule has 1 aromatic carbocycles. The van der Waals surface area contributed by atoms with Gasteiger partial charge in [0, 0.05) is 23.7 Å². The molecule has 1 amide bonds. The van der Waals surface area contributed by atoms with Gasteiger partial charge in [0.25, 0.3) is 0 Å². The molecule has 3 N–H and O–H groups in total. The number of nitrogens with zero attached hydrogens (tertiary/aromatic N) is 5. The van der Waals surface area contributed by atoms with Crippen LogP contribution in [0.4, 0.5) is 10.7 Å². The summed E-state index contributed by atoms with van der Waals surface area (Å²) in [4.78, 5) is 27.7. The van der Waals surface area contributed by atoms with Crippen LogP contribution >= 0.6 is 11.6 Å². The van der Waals surface area contributed by atoms with Crippen molar-refractivity contribution in [2.45, 2.75) is 52.1 Å². The monoisotopic (exact) mass is 525 g/mol. The van der Waals surface area contributed by atoms with Crippen LogP contribution < -0.4 is 10.2 Å². The number of carboxylic acid groups (broad SMARTS) is 1. The molecule has 11 heteroatoms. The van der Waals surface area contributed by atoms with E-state index in [2.05, 4.69) is 38.6 Å². The van der Waals surface area contributed by atoms with E-state index in [1.54, 1.807) is 6.07 Å². The SMILES string of the molecule is C[C@@H]1COCCN1c1nc2nc(C(=N)NC(=O)O)nc(-c3cccc(Cl)c3)c2n1C[C@H]1CC[C@H](C)CC1. The number of imidazole rings is 1. The molecule has 1 saturated heterocycles. The number of benzene rings is 1. The second kappa shape index (κ2) is 10.6. The Balaban J connectivity index is 1.71. The summed E-state index contributed by atoms with van der Waals surface area (Å²) in [6.45, 7) is 7.14. The lowest BCUT2D eigenvalue weighted by atomic mass is 9.83. The lowest BCUT2D eigenvalue weighted by Crippen LogP contribution is -2.45. The number of aromatic nitrogens is 4. The van der Waals surface area contributed by atoms with Crippen molar-refractivity contribution in [2.75, 3.05) is 24.7 Å². The van der Waals surface area contributed by atoms with E-state index in [4.69, 9.17) is 31.8 Å². The van der Waals surface area contributed by atoms with Gasteiger partial charge in [0.2, 0.25) is 5.95 Å². The van der Waals surface area contributed by atoms with E-state index in [1.807, 2.05) is 18.2 Å². The van der Waals surface area contributed by atoms with Crippen LogP contribution in [-0.4, -0.2) is 62.4 Å². The molecule has 2 aromatic heterocycles. The molecule has 196 valence electrons. The van der Waals surface area contributed by atoms with Crippen molar-refractivity contribution in [3.63, 3.8) is 0 Å². The maximum Gasteiger partial charge on any atom is 0.410 e. The Morgan fingerprint density at radius 2 is 2.00 bits per heavy atom. The maximum absolute atomic E-state index is 11.2. The highest BCUT2D eigenvalue weighted by Gasteiger charge is 2.30. The summed E-state index contributed by atoms with van der Waals surface area (Å²) in [7, 11) is 0. The van der Waals surface area contributed by atoms with Crippen molar-refractivity contribution in [1.29, 1.82) is 5.41 Å². The van der Waals surface area contributed by atoms with E-state index in [1.165, 1.54) is 12.8 Å². The molecule has 0 unspecified atom stereocenters. The van der Waals surface area contributed by atoms with Gasteiger partial charge in [0.15, 0.2) is 17.3 Å². The molecule has 2 aliphatic rings. The van der Waals surface area contributed by atoms with E-state index < -0.39 is 11.9 Å². The van der Waals surface area contributed by atoms with Crippen LogP contribution in [0.2, 0.25) is 5.02 Å². The third kappa shape index (κ3) is 5.40. The second-order valence-corrected chi connectivity index (χ2v) is 10.6. The molecule has 37 heavy (non-hydrogen) atoms. The summed E-state index contributed by atoms with van der Waals surface area (Å²) in [6, 6.07) is 7.49. The van der Waals surface area contributed by atoms with Crippen molar-refractivity contribution in [1.82, 2.24) is 24.8 Å².